The monoisotopic (exact) mass is 380 g/mol. The van der Waals surface area contributed by atoms with E-state index in [0.717, 1.165) is 16.5 Å². The third-order valence-corrected chi connectivity index (χ3v) is 4.78. The molecule has 0 spiro atoms. The zero-order valence-corrected chi connectivity index (χ0v) is 16.2. The molecule has 5 heteroatoms. The Labute approximate surface area is 163 Å². The van der Waals surface area contributed by atoms with Gasteiger partial charge in [0.2, 0.25) is 0 Å². The first-order chi connectivity index (χ1) is 12.8. The lowest BCUT2D eigenvalue weighted by molar-refractivity contribution is 0.0960. The van der Waals surface area contributed by atoms with Crippen LogP contribution in [0, 0.1) is 0 Å². The number of aromatic amines is 1. The van der Waals surface area contributed by atoms with Crippen molar-refractivity contribution in [3.8, 4) is 5.75 Å². The van der Waals surface area contributed by atoms with Gasteiger partial charge in [-0.05, 0) is 51.1 Å². The van der Waals surface area contributed by atoms with Crippen molar-refractivity contribution in [2.24, 2.45) is 0 Å². The predicted octanol–water partition coefficient (Wildman–Crippen LogP) is 5.41. The number of carbonyl (C=O) groups is 1. The molecule has 0 bridgehead atoms. The number of Topliss-reactive ketones (excluding diaryl/α,β-unsaturated/α-hetero) is 1. The average molecular weight is 381 g/mol. The van der Waals surface area contributed by atoms with Crippen molar-refractivity contribution < 1.29 is 9.53 Å². The summed E-state index contributed by atoms with van der Waals surface area (Å²) in [6, 6.07) is 13.0. The molecule has 2 heterocycles. The molecule has 1 aromatic heterocycles. The second-order valence-corrected chi connectivity index (χ2v) is 8.19. The fraction of sp³-hybridized carbons (Fsp3) is 0.227. The number of halogens is 1. The molecule has 1 aliphatic rings. The Balaban J connectivity index is 1.87. The van der Waals surface area contributed by atoms with Crippen LogP contribution in [0.25, 0.3) is 10.9 Å². The zero-order valence-electron chi connectivity index (χ0n) is 15.5. The summed E-state index contributed by atoms with van der Waals surface area (Å²) in [5.41, 5.74) is 2.82. The van der Waals surface area contributed by atoms with Crippen LogP contribution in [0.15, 0.2) is 60.4 Å². The average Bonchev–Trinajstić information content (AvgIpc) is 3.03. The summed E-state index contributed by atoms with van der Waals surface area (Å²) >= 11 is 6.21. The van der Waals surface area contributed by atoms with Gasteiger partial charge in [0.1, 0.15) is 5.75 Å². The molecule has 0 aliphatic carbocycles. The molecule has 0 fully saturated rings. The van der Waals surface area contributed by atoms with Gasteiger partial charge in [-0.15, -0.1) is 0 Å². The van der Waals surface area contributed by atoms with Crippen LogP contribution in [0.1, 0.15) is 42.8 Å². The summed E-state index contributed by atoms with van der Waals surface area (Å²) in [4.78, 5) is 16.5. The molecule has 0 saturated carbocycles. The third kappa shape index (κ3) is 3.33. The number of hydrogen-bond acceptors (Lipinski definition) is 3. The number of H-pyrrole nitrogens is 1. The molecule has 2 aromatic carbocycles. The SMILES string of the molecule is CC(C)(C)N/C=C1\C(=O)c2ccccc2OC1c1c[nH]c2ccc(Cl)cc12. The standard InChI is InChI=1S/C22H21ClN2O2/c1-22(2,3)25-12-17-20(26)14-6-4-5-7-19(14)27-21(17)16-11-24-18-9-8-13(23)10-15(16)18/h4-12,21,24-25H,1-3H3/b17-12+. The molecule has 3 aromatic rings. The van der Waals surface area contributed by atoms with E-state index in [1.165, 1.54) is 0 Å². The van der Waals surface area contributed by atoms with E-state index in [2.05, 4.69) is 10.3 Å². The molecule has 0 amide bonds. The van der Waals surface area contributed by atoms with Crippen LogP contribution < -0.4 is 10.1 Å². The fourth-order valence-electron chi connectivity index (χ4n) is 3.22. The summed E-state index contributed by atoms with van der Waals surface area (Å²) in [6.45, 7) is 6.14. The van der Waals surface area contributed by atoms with Crippen molar-refractivity contribution in [1.29, 1.82) is 0 Å². The van der Waals surface area contributed by atoms with E-state index < -0.39 is 6.10 Å². The lowest BCUT2D eigenvalue weighted by Gasteiger charge is -2.29. The van der Waals surface area contributed by atoms with Gasteiger partial charge in [0.05, 0.1) is 11.1 Å². The Kier molecular flexibility index (Phi) is 4.23. The predicted molar refractivity (Wildman–Crippen MR) is 108 cm³/mol. The number of ketones is 1. The number of rotatable bonds is 2. The normalized spacial score (nSPS) is 18.4. The first-order valence-corrected chi connectivity index (χ1v) is 9.26. The highest BCUT2D eigenvalue weighted by Gasteiger charge is 2.34. The molecule has 138 valence electrons. The Morgan fingerprint density at radius 3 is 2.74 bits per heavy atom. The molecule has 1 aliphatic heterocycles. The van der Waals surface area contributed by atoms with E-state index in [9.17, 15) is 4.79 Å². The molecule has 2 N–H and O–H groups in total. The van der Waals surface area contributed by atoms with E-state index >= 15 is 0 Å². The number of carbonyl (C=O) groups excluding carboxylic acids is 1. The van der Waals surface area contributed by atoms with Crippen LogP contribution in [-0.4, -0.2) is 16.3 Å². The molecule has 27 heavy (non-hydrogen) atoms. The minimum Gasteiger partial charge on any atom is -0.480 e. The highest BCUT2D eigenvalue weighted by atomic mass is 35.5. The van der Waals surface area contributed by atoms with Gasteiger partial charge in [0.15, 0.2) is 11.9 Å². The van der Waals surface area contributed by atoms with E-state index in [0.29, 0.717) is 21.9 Å². The van der Waals surface area contributed by atoms with Gasteiger partial charge < -0.3 is 15.0 Å². The van der Waals surface area contributed by atoms with Gasteiger partial charge in [-0.1, -0.05) is 23.7 Å². The maximum Gasteiger partial charge on any atom is 0.198 e. The Morgan fingerprint density at radius 2 is 1.96 bits per heavy atom. The number of fused-ring (bicyclic) bond motifs is 2. The van der Waals surface area contributed by atoms with Crippen LogP contribution in [0.4, 0.5) is 0 Å². The van der Waals surface area contributed by atoms with Crippen LogP contribution in [0.2, 0.25) is 5.02 Å². The second kappa shape index (κ2) is 6.46. The molecule has 1 unspecified atom stereocenters. The quantitative estimate of drug-likeness (QED) is 0.584. The zero-order chi connectivity index (χ0) is 19.2. The van der Waals surface area contributed by atoms with Gasteiger partial charge in [-0.2, -0.15) is 0 Å². The van der Waals surface area contributed by atoms with Gasteiger partial charge in [-0.3, -0.25) is 4.79 Å². The highest BCUT2D eigenvalue weighted by molar-refractivity contribution is 6.31. The minimum absolute atomic E-state index is 0.0324. The van der Waals surface area contributed by atoms with E-state index in [4.69, 9.17) is 16.3 Å². The fourth-order valence-corrected chi connectivity index (χ4v) is 3.39. The van der Waals surface area contributed by atoms with Crippen molar-refractivity contribution in [3.05, 3.63) is 76.6 Å². The molecule has 1 atom stereocenters. The topological polar surface area (TPSA) is 54.1 Å². The maximum absolute atomic E-state index is 13.2. The number of aromatic nitrogens is 1. The minimum atomic E-state index is -0.519. The van der Waals surface area contributed by atoms with Gasteiger partial charge in [0, 0.05) is 39.4 Å². The Bertz CT molecular complexity index is 1060. The van der Waals surface area contributed by atoms with Gasteiger partial charge >= 0.3 is 0 Å². The first kappa shape index (κ1) is 17.7. The van der Waals surface area contributed by atoms with Crippen LogP contribution in [-0.2, 0) is 0 Å². The molecular formula is C22H21ClN2O2. The molecule has 0 radical (unpaired) electrons. The van der Waals surface area contributed by atoms with Crippen molar-refractivity contribution in [1.82, 2.24) is 10.3 Å². The number of benzene rings is 2. The van der Waals surface area contributed by atoms with Crippen LogP contribution in [0.5, 0.6) is 5.75 Å². The summed E-state index contributed by atoms with van der Waals surface area (Å²) in [6.07, 6.45) is 3.15. The third-order valence-electron chi connectivity index (χ3n) is 4.54. The van der Waals surface area contributed by atoms with E-state index in [1.807, 2.05) is 63.4 Å². The van der Waals surface area contributed by atoms with E-state index in [1.54, 1.807) is 12.3 Å². The van der Waals surface area contributed by atoms with Crippen LogP contribution in [0.3, 0.4) is 0 Å². The lowest BCUT2D eigenvalue weighted by Crippen LogP contribution is -2.34. The number of para-hydroxylation sites is 1. The summed E-state index contributed by atoms with van der Waals surface area (Å²) in [7, 11) is 0. The summed E-state index contributed by atoms with van der Waals surface area (Å²) in [5.74, 6) is 0.562. The second-order valence-electron chi connectivity index (χ2n) is 7.75. The number of ether oxygens (including phenoxy) is 1. The van der Waals surface area contributed by atoms with E-state index in [-0.39, 0.29) is 11.3 Å². The maximum atomic E-state index is 13.2. The molecule has 4 nitrogen and oxygen atoms in total. The van der Waals surface area contributed by atoms with Crippen molar-refractivity contribution >= 4 is 28.3 Å². The largest absolute Gasteiger partial charge is 0.480 e. The van der Waals surface area contributed by atoms with Crippen molar-refractivity contribution in [2.75, 3.05) is 0 Å². The smallest absolute Gasteiger partial charge is 0.198 e. The van der Waals surface area contributed by atoms with Gasteiger partial charge in [-0.25, -0.2) is 0 Å². The Morgan fingerprint density at radius 1 is 1.19 bits per heavy atom. The van der Waals surface area contributed by atoms with Gasteiger partial charge in [0.25, 0.3) is 0 Å². The number of nitrogens with one attached hydrogen (secondary N) is 2. The van der Waals surface area contributed by atoms with Crippen molar-refractivity contribution in [2.45, 2.75) is 32.4 Å². The number of hydrogen-bond donors (Lipinski definition) is 2. The summed E-state index contributed by atoms with van der Waals surface area (Å²) < 4.78 is 6.28. The highest BCUT2D eigenvalue weighted by Crippen LogP contribution is 2.40. The van der Waals surface area contributed by atoms with Crippen LogP contribution >= 0.6 is 11.6 Å². The molecule has 4 rings (SSSR count). The molecule has 0 saturated heterocycles. The first-order valence-electron chi connectivity index (χ1n) is 8.88. The Hall–Kier alpha value is -2.72. The molecular weight excluding hydrogens is 360 g/mol. The summed E-state index contributed by atoms with van der Waals surface area (Å²) in [5, 5.41) is 4.89. The van der Waals surface area contributed by atoms with Crippen molar-refractivity contribution in [3.63, 3.8) is 0 Å². The lowest BCUT2D eigenvalue weighted by atomic mass is 9.91.